The molecule has 0 aliphatic rings. The van der Waals surface area contributed by atoms with E-state index in [2.05, 4.69) is 5.32 Å². The Hall–Kier alpha value is -2.33. The van der Waals surface area contributed by atoms with Gasteiger partial charge in [0.2, 0.25) is 0 Å². The van der Waals surface area contributed by atoms with Crippen LogP contribution in [-0.4, -0.2) is 5.91 Å². The first-order valence-electron chi connectivity index (χ1n) is 5.88. The highest BCUT2D eigenvalue weighted by Gasteiger charge is 2.12. The number of rotatable bonds is 2. The average Bonchev–Trinajstić information content (AvgIpc) is 2.84. The maximum absolute atomic E-state index is 13.1. The minimum Gasteiger partial charge on any atom is -0.451 e. The lowest BCUT2D eigenvalue weighted by Crippen LogP contribution is -2.10. The van der Waals surface area contributed by atoms with Crippen molar-refractivity contribution in [3.8, 4) is 0 Å². The minimum atomic E-state index is -0.399. The quantitative estimate of drug-likeness (QED) is 0.756. The monoisotopic (exact) mass is 289 g/mol. The fraction of sp³-hybridized carbons (Fsp3) is 0. The molecule has 1 aromatic heterocycles. The summed E-state index contributed by atoms with van der Waals surface area (Å²) in [7, 11) is 0. The Morgan fingerprint density at radius 2 is 1.85 bits per heavy atom. The molecule has 0 radical (unpaired) electrons. The van der Waals surface area contributed by atoms with Gasteiger partial charge in [-0.3, -0.25) is 4.79 Å². The predicted octanol–water partition coefficient (Wildman–Crippen LogP) is 4.48. The number of benzene rings is 2. The molecular weight excluding hydrogens is 281 g/mol. The highest BCUT2D eigenvalue weighted by Crippen LogP contribution is 2.21. The van der Waals surface area contributed by atoms with Gasteiger partial charge >= 0.3 is 0 Å². The Labute approximate surface area is 119 Å². The maximum atomic E-state index is 13.1. The summed E-state index contributed by atoms with van der Waals surface area (Å²) in [4.78, 5) is 12.0. The van der Waals surface area contributed by atoms with Crippen LogP contribution in [0.15, 0.2) is 52.9 Å². The highest BCUT2D eigenvalue weighted by molar-refractivity contribution is 6.30. The number of carbonyl (C=O) groups is 1. The molecule has 20 heavy (non-hydrogen) atoms. The van der Waals surface area contributed by atoms with Crippen molar-refractivity contribution in [2.75, 3.05) is 5.32 Å². The van der Waals surface area contributed by atoms with Crippen LogP contribution in [0.5, 0.6) is 0 Å². The standard InChI is InChI=1S/C15H9ClFNO2/c16-10-1-4-12(5-2-10)18-15(19)14-8-9-7-11(17)3-6-13(9)20-14/h1-8H,(H,18,19). The van der Waals surface area contributed by atoms with Crippen LogP contribution in [0.4, 0.5) is 10.1 Å². The lowest BCUT2D eigenvalue weighted by Gasteiger charge is -2.02. The first kappa shape index (κ1) is 12.7. The number of halogens is 2. The number of fused-ring (bicyclic) bond motifs is 1. The topological polar surface area (TPSA) is 42.2 Å². The molecule has 0 unspecified atom stereocenters. The SMILES string of the molecule is O=C(Nc1ccc(Cl)cc1)c1cc2cc(F)ccc2o1. The summed E-state index contributed by atoms with van der Waals surface area (Å²) in [5.41, 5.74) is 1.07. The highest BCUT2D eigenvalue weighted by atomic mass is 35.5. The molecule has 0 saturated heterocycles. The van der Waals surface area contributed by atoms with E-state index in [1.54, 1.807) is 24.3 Å². The summed E-state index contributed by atoms with van der Waals surface area (Å²) in [5.74, 6) is -0.646. The van der Waals surface area contributed by atoms with E-state index >= 15 is 0 Å². The molecule has 0 spiro atoms. The number of hydrogen-bond acceptors (Lipinski definition) is 2. The first-order valence-corrected chi connectivity index (χ1v) is 6.26. The smallest absolute Gasteiger partial charge is 0.291 e. The van der Waals surface area contributed by atoms with Gasteiger partial charge in [-0.25, -0.2) is 4.39 Å². The minimum absolute atomic E-state index is 0.126. The molecule has 1 heterocycles. The van der Waals surface area contributed by atoms with Crippen LogP contribution in [0.2, 0.25) is 5.02 Å². The maximum Gasteiger partial charge on any atom is 0.291 e. The molecule has 0 atom stereocenters. The van der Waals surface area contributed by atoms with Crippen molar-refractivity contribution >= 4 is 34.2 Å². The molecule has 100 valence electrons. The zero-order valence-electron chi connectivity index (χ0n) is 10.2. The van der Waals surface area contributed by atoms with Crippen LogP contribution < -0.4 is 5.32 Å². The molecule has 0 aliphatic heterocycles. The Bertz CT molecular complexity index is 780. The number of anilines is 1. The third kappa shape index (κ3) is 2.51. The second kappa shape index (κ2) is 4.98. The van der Waals surface area contributed by atoms with Gasteiger partial charge in [-0.05, 0) is 48.5 Å². The molecule has 3 rings (SSSR count). The van der Waals surface area contributed by atoms with Gasteiger partial charge in [0.05, 0.1) is 0 Å². The molecule has 5 heteroatoms. The Morgan fingerprint density at radius 3 is 2.60 bits per heavy atom. The molecule has 0 saturated carbocycles. The molecule has 0 aliphatic carbocycles. The van der Waals surface area contributed by atoms with Gasteiger partial charge in [0.1, 0.15) is 11.4 Å². The summed E-state index contributed by atoms with van der Waals surface area (Å²) in [6.45, 7) is 0. The second-order valence-corrected chi connectivity index (χ2v) is 4.69. The van der Waals surface area contributed by atoms with Crippen molar-refractivity contribution in [1.82, 2.24) is 0 Å². The lowest BCUT2D eigenvalue weighted by atomic mass is 10.2. The Balaban J connectivity index is 1.86. The fourth-order valence-electron chi connectivity index (χ4n) is 1.85. The average molecular weight is 290 g/mol. The van der Waals surface area contributed by atoms with E-state index < -0.39 is 5.91 Å². The van der Waals surface area contributed by atoms with Crippen LogP contribution in [0, 0.1) is 5.82 Å². The Morgan fingerprint density at radius 1 is 1.10 bits per heavy atom. The van der Waals surface area contributed by atoms with Crippen LogP contribution in [0.1, 0.15) is 10.6 Å². The normalized spacial score (nSPS) is 10.7. The lowest BCUT2D eigenvalue weighted by molar-refractivity contribution is 0.0998. The van der Waals surface area contributed by atoms with Crippen molar-refractivity contribution in [3.05, 3.63) is 65.1 Å². The first-order chi connectivity index (χ1) is 9.61. The number of nitrogens with one attached hydrogen (secondary N) is 1. The molecular formula is C15H9ClFNO2. The van der Waals surface area contributed by atoms with E-state index in [1.165, 1.54) is 24.3 Å². The zero-order chi connectivity index (χ0) is 14.1. The van der Waals surface area contributed by atoms with Gasteiger partial charge in [0.25, 0.3) is 5.91 Å². The number of furan rings is 1. The van der Waals surface area contributed by atoms with Crippen molar-refractivity contribution in [3.63, 3.8) is 0 Å². The molecule has 3 nitrogen and oxygen atoms in total. The summed E-state index contributed by atoms with van der Waals surface area (Å²) >= 11 is 5.77. The molecule has 0 fully saturated rings. The van der Waals surface area contributed by atoms with Gasteiger partial charge < -0.3 is 9.73 Å². The summed E-state index contributed by atoms with van der Waals surface area (Å²) < 4.78 is 18.5. The Kier molecular flexibility index (Phi) is 3.16. The van der Waals surface area contributed by atoms with E-state index in [-0.39, 0.29) is 11.6 Å². The largest absolute Gasteiger partial charge is 0.451 e. The van der Waals surface area contributed by atoms with Crippen molar-refractivity contribution in [2.24, 2.45) is 0 Å². The van der Waals surface area contributed by atoms with E-state index in [1.807, 2.05) is 0 Å². The van der Waals surface area contributed by atoms with Crippen molar-refractivity contribution in [2.45, 2.75) is 0 Å². The van der Waals surface area contributed by atoms with Crippen LogP contribution in [0.3, 0.4) is 0 Å². The van der Waals surface area contributed by atoms with Crippen LogP contribution in [0.25, 0.3) is 11.0 Å². The molecule has 3 aromatic rings. The van der Waals surface area contributed by atoms with E-state index in [4.69, 9.17) is 16.0 Å². The van der Waals surface area contributed by atoms with E-state index in [0.29, 0.717) is 21.7 Å². The molecule has 1 amide bonds. The van der Waals surface area contributed by atoms with Gasteiger partial charge in [-0.15, -0.1) is 0 Å². The zero-order valence-corrected chi connectivity index (χ0v) is 10.9. The predicted molar refractivity (Wildman–Crippen MR) is 75.6 cm³/mol. The fourth-order valence-corrected chi connectivity index (χ4v) is 1.98. The van der Waals surface area contributed by atoms with Crippen molar-refractivity contribution in [1.29, 1.82) is 0 Å². The van der Waals surface area contributed by atoms with Crippen LogP contribution in [-0.2, 0) is 0 Å². The molecule has 1 N–H and O–H groups in total. The molecule has 0 bridgehead atoms. The number of carbonyl (C=O) groups excluding carboxylic acids is 1. The van der Waals surface area contributed by atoms with Gasteiger partial charge in [0, 0.05) is 16.1 Å². The van der Waals surface area contributed by atoms with E-state index in [0.717, 1.165) is 0 Å². The third-order valence-corrected chi connectivity index (χ3v) is 3.06. The summed E-state index contributed by atoms with van der Waals surface area (Å²) in [6.07, 6.45) is 0. The summed E-state index contributed by atoms with van der Waals surface area (Å²) in [6, 6.07) is 12.3. The van der Waals surface area contributed by atoms with Crippen molar-refractivity contribution < 1.29 is 13.6 Å². The van der Waals surface area contributed by atoms with Gasteiger partial charge in [0.15, 0.2) is 5.76 Å². The number of amides is 1. The third-order valence-electron chi connectivity index (χ3n) is 2.80. The number of hydrogen-bond donors (Lipinski definition) is 1. The summed E-state index contributed by atoms with van der Waals surface area (Å²) in [5, 5.41) is 3.81. The van der Waals surface area contributed by atoms with Gasteiger partial charge in [-0.1, -0.05) is 11.6 Å². The van der Waals surface area contributed by atoms with Gasteiger partial charge in [-0.2, -0.15) is 0 Å². The molecule has 2 aromatic carbocycles. The van der Waals surface area contributed by atoms with E-state index in [9.17, 15) is 9.18 Å². The van der Waals surface area contributed by atoms with Crippen LogP contribution >= 0.6 is 11.6 Å². The second-order valence-electron chi connectivity index (χ2n) is 4.25.